The van der Waals surface area contributed by atoms with E-state index in [0.29, 0.717) is 5.82 Å². The van der Waals surface area contributed by atoms with Crippen molar-refractivity contribution in [1.82, 2.24) is 9.97 Å². The molecule has 104 valence electrons. The summed E-state index contributed by atoms with van der Waals surface area (Å²) in [7, 11) is 1.39. The van der Waals surface area contributed by atoms with Crippen LogP contribution in [0.3, 0.4) is 0 Å². The molecule has 0 radical (unpaired) electrons. The van der Waals surface area contributed by atoms with E-state index in [4.69, 9.17) is 14.6 Å². The number of aromatic amines is 1. The summed E-state index contributed by atoms with van der Waals surface area (Å²) in [5.41, 5.74) is -0.469. The minimum Gasteiger partial charge on any atom is -0.493 e. The van der Waals surface area contributed by atoms with Crippen LogP contribution in [-0.2, 0) is 0 Å². The van der Waals surface area contributed by atoms with Crippen molar-refractivity contribution in [2.45, 2.75) is 6.92 Å². The molecule has 0 saturated heterocycles. The quantitative estimate of drug-likeness (QED) is 0.879. The highest BCUT2D eigenvalue weighted by molar-refractivity contribution is 5.92. The first-order valence-corrected chi connectivity index (χ1v) is 5.67. The van der Waals surface area contributed by atoms with Crippen molar-refractivity contribution in [3.05, 3.63) is 46.0 Å². The van der Waals surface area contributed by atoms with Crippen LogP contribution in [0.5, 0.6) is 17.4 Å². The lowest BCUT2D eigenvalue weighted by molar-refractivity contribution is 0.0693. The number of para-hydroxylation sites is 1. The van der Waals surface area contributed by atoms with Gasteiger partial charge in [-0.25, -0.2) is 9.78 Å². The van der Waals surface area contributed by atoms with Gasteiger partial charge >= 0.3 is 5.97 Å². The SMILES string of the molecule is COc1cccc(C(=O)O)c1Oc1cc(=O)[nH]c(C)n1. The van der Waals surface area contributed by atoms with Gasteiger partial charge in [-0.05, 0) is 19.1 Å². The number of nitrogens with one attached hydrogen (secondary N) is 1. The number of rotatable bonds is 4. The number of carboxylic acid groups (broad SMARTS) is 1. The number of carboxylic acids is 1. The maximum absolute atomic E-state index is 11.4. The number of methoxy groups -OCH3 is 1. The molecule has 20 heavy (non-hydrogen) atoms. The third kappa shape index (κ3) is 2.77. The van der Waals surface area contributed by atoms with Gasteiger partial charge in [0.15, 0.2) is 11.5 Å². The summed E-state index contributed by atoms with van der Waals surface area (Å²) in [5.74, 6) is -0.567. The standard InChI is InChI=1S/C13H12N2O5/c1-7-14-10(16)6-11(15-7)20-12-8(13(17)18)4-3-5-9(12)19-2/h3-6H,1-2H3,(H,17,18)(H,14,15,16). The minimum absolute atomic E-state index is 0.000000000000000444. The molecule has 2 aromatic rings. The Labute approximate surface area is 113 Å². The summed E-state index contributed by atoms with van der Waals surface area (Å²) in [6.07, 6.45) is 0. The smallest absolute Gasteiger partial charge is 0.339 e. The van der Waals surface area contributed by atoms with Crippen molar-refractivity contribution in [3.63, 3.8) is 0 Å². The summed E-state index contributed by atoms with van der Waals surface area (Å²) in [6, 6.07) is 5.60. The maximum Gasteiger partial charge on any atom is 0.339 e. The fraction of sp³-hybridized carbons (Fsp3) is 0.154. The Kier molecular flexibility index (Phi) is 3.69. The van der Waals surface area contributed by atoms with E-state index in [1.165, 1.54) is 19.2 Å². The minimum atomic E-state index is -1.17. The molecule has 1 aromatic carbocycles. The monoisotopic (exact) mass is 276 g/mol. The Hall–Kier alpha value is -2.83. The van der Waals surface area contributed by atoms with Crippen LogP contribution in [0.2, 0.25) is 0 Å². The van der Waals surface area contributed by atoms with Crippen molar-refractivity contribution in [3.8, 4) is 17.4 Å². The van der Waals surface area contributed by atoms with Crippen molar-refractivity contribution >= 4 is 5.97 Å². The first kappa shape index (κ1) is 13.6. The molecule has 0 bridgehead atoms. The van der Waals surface area contributed by atoms with Gasteiger partial charge in [-0.3, -0.25) is 4.79 Å². The second kappa shape index (κ2) is 5.43. The van der Waals surface area contributed by atoms with Crippen LogP contribution in [0.15, 0.2) is 29.1 Å². The van der Waals surface area contributed by atoms with Gasteiger partial charge in [0.2, 0.25) is 5.88 Å². The van der Waals surface area contributed by atoms with E-state index >= 15 is 0 Å². The molecule has 0 unspecified atom stereocenters. The van der Waals surface area contributed by atoms with Crippen molar-refractivity contribution in [2.24, 2.45) is 0 Å². The van der Waals surface area contributed by atoms with Crippen molar-refractivity contribution < 1.29 is 19.4 Å². The highest BCUT2D eigenvalue weighted by Crippen LogP contribution is 2.34. The maximum atomic E-state index is 11.4. The third-order valence-corrected chi connectivity index (χ3v) is 2.47. The number of nitrogens with zero attached hydrogens (tertiary/aromatic N) is 1. The molecule has 0 aliphatic heterocycles. The van der Waals surface area contributed by atoms with Gasteiger partial charge in [0.25, 0.3) is 5.56 Å². The van der Waals surface area contributed by atoms with Crippen molar-refractivity contribution in [2.75, 3.05) is 7.11 Å². The molecule has 7 nitrogen and oxygen atoms in total. The zero-order chi connectivity index (χ0) is 14.7. The first-order chi connectivity index (χ1) is 9.51. The lowest BCUT2D eigenvalue weighted by atomic mass is 10.2. The Morgan fingerprint density at radius 2 is 2.15 bits per heavy atom. The Morgan fingerprint density at radius 3 is 2.75 bits per heavy atom. The molecule has 2 rings (SSSR count). The highest BCUT2D eigenvalue weighted by atomic mass is 16.5. The fourth-order valence-electron chi connectivity index (χ4n) is 1.66. The number of aromatic carboxylic acids is 1. The predicted molar refractivity (Wildman–Crippen MR) is 69.6 cm³/mol. The molecular weight excluding hydrogens is 264 g/mol. The van der Waals surface area contributed by atoms with Crippen LogP contribution in [0, 0.1) is 6.92 Å². The molecule has 0 aliphatic rings. The normalized spacial score (nSPS) is 10.1. The van der Waals surface area contributed by atoms with E-state index in [9.17, 15) is 9.59 Å². The summed E-state index contributed by atoms with van der Waals surface area (Å²) in [5, 5.41) is 9.15. The van der Waals surface area contributed by atoms with Crippen LogP contribution >= 0.6 is 0 Å². The second-order valence-electron chi connectivity index (χ2n) is 3.91. The number of aromatic nitrogens is 2. The molecule has 0 spiro atoms. The Bertz CT molecular complexity index is 708. The largest absolute Gasteiger partial charge is 0.493 e. The number of hydrogen-bond acceptors (Lipinski definition) is 5. The van der Waals surface area contributed by atoms with Gasteiger partial charge in [-0.15, -0.1) is 0 Å². The van der Waals surface area contributed by atoms with E-state index < -0.39 is 5.97 Å². The average molecular weight is 276 g/mol. The molecule has 0 aliphatic carbocycles. The predicted octanol–water partition coefficient (Wildman–Crippen LogP) is 1.58. The number of aryl methyl sites for hydroxylation is 1. The molecule has 7 heteroatoms. The van der Waals surface area contributed by atoms with Gasteiger partial charge in [0.1, 0.15) is 11.4 Å². The number of carbonyl (C=O) groups is 1. The third-order valence-electron chi connectivity index (χ3n) is 2.47. The lowest BCUT2D eigenvalue weighted by Gasteiger charge is -2.12. The van der Waals surface area contributed by atoms with Gasteiger partial charge in [0.05, 0.1) is 13.2 Å². The number of ether oxygens (including phenoxy) is 2. The van der Waals surface area contributed by atoms with E-state index in [-0.39, 0.29) is 28.5 Å². The second-order valence-corrected chi connectivity index (χ2v) is 3.91. The molecular formula is C13H12N2O5. The van der Waals surface area contributed by atoms with Gasteiger partial charge in [-0.1, -0.05) is 6.07 Å². The van der Waals surface area contributed by atoms with E-state index in [2.05, 4.69) is 9.97 Å². The van der Waals surface area contributed by atoms with E-state index in [1.807, 2.05) is 0 Å². The molecule has 2 N–H and O–H groups in total. The highest BCUT2D eigenvalue weighted by Gasteiger charge is 2.17. The van der Waals surface area contributed by atoms with E-state index in [0.717, 1.165) is 6.07 Å². The van der Waals surface area contributed by atoms with Gasteiger partial charge in [-0.2, -0.15) is 0 Å². The van der Waals surface area contributed by atoms with Crippen LogP contribution in [-0.4, -0.2) is 28.2 Å². The zero-order valence-corrected chi connectivity index (χ0v) is 10.8. The number of benzene rings is 1. The Balaban J connectivity index is 2.51. The van der Waals surface area contributed by atoms with E-state index in [1.54, 1.807) is 13.0 Å². The fourth-order valence-corrected chi connectivity index (χ4v) is 1.66. The first-order valence-electron chi connectivity index (χ1n) is 5.67. The summed E-state index contributed by atoms with van der Waals surface area (Å²) in [6.45, 7) is 1.59. The van der Waals surface area contributed by atoms with Crippen LogP contribution < -0.4 is 15.0 Å². The molecule has 0 saturated carbocycles. The van der Waals surface area contributed by atoms with Crippen LogP contribution in [0.4, 0.5) is 0 Å². The van der Waals surface area contributed by atoms with Crippen LogP contribution in [0.25, 0.3) is 0 Å². The van der Waals surface area contributed by atoms with Gasteiger partial charge < -0.3 is 19.6 Å². The molecule has 1 heterocycles. The van der Waals surface area contributed by atoms with Crippen LogP contribution in [0.1, 0.15) is 16.2 Å². The molecule has 0 fully saturated rings. The summed E-state index contributed by atoms with van der Waals surface area (Å²) in [4.78, 5) is 29.0. The van der Waals surface area contributed by atoms with Crippen molar-refractivity contribution in [1.29, 1.82) is 0 Å². The summed E-state index contributed by atoms with van der Waals surface area (Å²) >= 11 is 0. The number of hydrogen-bond donors (Lipinski definition) is 2. The number of H-pyrrole nitrogens is 1. The lowest BCUT2D eigenvalue weighted by Crippen LogP contribution is -2.09. The molecule has 0 atom stereocenters. The topological polar surface area (TPSA) is 102 Å². The van der Waals surface area contributed by atoms with Gasteiger partial charge in [0, 0.05) is 0 Å². The average Bonchev–Trinajstić information content (AvgIpc) is 2.37. The molecule has 1 aromatic heterocycles. The Morgan fingerprint density at radius 1 is 1.40 bits per heavy atom. The zero-order valence-electron chi connectivity index (χ0n) is 10.8. The molecule has 0 amide bonds. The summed E-state index contributed by atoms with van der Waals surface area (Å²) < 4.78 is 10.5.